The molecule has 9 heteroatoms. The first kappa shape index (κ1) is 25.0. The van der Waals surface area contributed by atoms with E-state index in [9.17, 15) is 9.59 Å². The van der Waals surface area contributed by atoms with Crippen LogP contribution in [0, 0.1) is 5.82 Å². The maximum atomic E-state index is 15.3. The Morgan fingerprint density at radius 1 is 1.14 bits per heavy atom. The molecule has 2 aromatic carbocycles. The maximum Gasteiger partial charge on any atom is 0.276 e. The van der Waals surface area contributed by atoms with Crippen LogP contribution in [0.25, 0.3) is 10.9 Å². The predicted molar refractivity (Wildman–Crippen MR) is 147 cm³/mol. The fourth-order valence-corrected chi connectivity index (χ4v) is 4.81. The summed E-state index contributed by atoms with van der Waals surface area (Å²) in [6, 6.07) is 11.0. The molecule has 1 saturated heterocycles. The predicted octanol–water partition coefficient (Wildman–Crippen LogP) is 3.45. The largest absolute Gasteiger partial charge is 0.378 e. The van der Waals surface area contributed by atoms with Crippen molar-refractivity contribution >= 4 is 34.4 Å². The monoisotopic (exact) mass is 504 g/mol. The maximum absolute atomic E-state index is 15.3. The zero-order chi connectivity index (χ0) is 26.1. The van der Waals surface area contributed by atoms with Crippen molar-refractivity contribution in [2.75, 3.05) is 56.6 Å². The highest BCUT2D eigenvalue weighted by Crippen LogP contribution is 2.38. The molecule has 0 atom stereocenters. The molecule has 1 aliphatic heterocycles. The molecule has 0 spiro atoms. The Kier molecular flexibility index (Phi) is 6.97. The lowest BCUT2D eigenvalue weighted by Gasteiger charge is -2.35. The molecule has 1 aliphatic carbocycles. The van der Waals surface area contributed by atoms with Crippen molar-refractivity contribution in [3.05, 3.63) is 69.8 Å². The fourth-order valence-electron chi connectivity index (χ4n) is 4.81. The number of carbonyl (C=O) groups excluding carboxylic acids is 1. The topological polar surface area (TPSA) is 73.2 Å². The number of nitrogens with zero attached hydrogens (tertiary/aromatic N) is 5. The average Bonchev–Trinajstić information content (AvgIpc) is 3.75. The van der Waals surface area contributed by atoms with Crippen LogP contribution in [0.4, 0.5) is 15.8 Å². The minimum absolute atomic E-state index is 0.0387. The summed E-state index contributed by atoms with van der Waals surface area (Å²) in [5.74, 6) is -1.05. The second kappa shape index (κ2) is 10.3. The third kappa shape index (κ3) is 5.22. The number of amides is 1. The summed E-state index contributed by atoms with van der Waals surface area (Å²) < 4.78 is 17.2. The van der Waals surface area contributed by atoms with E-state index < -0.39 is 17.2 Å². The number of hydrogen-bond donors (Lipinski definition) is 1. The highest BCUT2D eigenvalue weighted by atomic mass is 19.1. The number of fused-ring (bicyclic) bond motifs is 1. The molecule has 2 heterocycles. The molecular formula is C28H33FN6O2. The number of piperazine rings is 1. The van der Waals surface area contributed by atoms with Crippen LogP contribution in [-0.4, -0.2) is 68.4 Å². The number of hydrazone groups is 1. The minimum atomic E-state index is -0.609. The van der Waals surface area contributed by atoms with E-state index in [1.807, 2.05) is 52.7 Å². The van der Waals surface area contributed by atoms with Crippen molar-refractivity contribution in [1.29, 1.82) is 0 Å². The van der Waals surface area contributed by atoms with E-state index in [-0.39, 0.29) is 17.0 Å². The number of rotatable bonds is 7. The van der Waals surface area contributed by atoms with Crippen LogP contribution in [0.2, 0.25) is 0 Å². The van der Waals surface area contributed by atoms with E-state index in [1.54, 1.807) is 12.3 Å². The Morgan fingerprint density at radius 2 is 1.84 bits per heavy atom. The number of nitrogens with one attached hydrogen (secondary N) is 1. The molecule has 37 heavy (non-hydrogen) atoms. The number of hydrogen-bond acceptors (Lipinski definition) is 6. The van der Waals surface area contributed by atoms with Crippen LogP contribution >= 0.6 is 0 Å². The van der Waals surface area contributed by atoms with Crippen LogP contribution < -0.4 is 20.7 Å². The summed E-state index contributed by atoms with van der Waals surface area (Å²) in [7, 11) is 3.92. The summed E-state index contributed by atoms with van der Waals surface area (Å²) >= 11 is 0. The van der Waals surface area contributed by atoms with Crippen LogP contribution in [0.5, 0.6) is 0 Å². The Morgan fingerprint density at radius 3 is 2.46 bits per heavy atom. The van der Waals surface area contributed by atoms with Crippen LogP contribution in [0.15, 0.2) is 52.5 Å². The lowest BCUT2D eigenvalue weighted by molar-refractivity contribution is 0.0953. The smallest absolute Gasteiger partial charge is 0.276 e. The summed E-state index contributed by atoms with van der Waals surface area (Å²) in [6.45, 7) is 6.33. The molecular weight excluding hydrogens is 471 g/mol. The Balaban J connectivity index is 1.42. The van der Waals surface area contributed by atoms with Crippen molar-refractivity contribution in [3.63, 3.8) is 0 Å². The molecule has 3 aromatic rings. The number of benzene rings is 2. The number of likely N-dealkylation sites (N-methyl/N-ethyl adjacent to an activating group) is 1. The third-order valence-corrected chi connectivity index (χ3v) is 7.24. The number of pyridine rings is 1. The average molecular weight is 505 g/mol. The number of aromatic nitrogens is 1. The molecule has 1 N–H and O–H groups in total. The first-order chi connectivity index (χ1) is 17.9. The number of carbonyl (C=O) groups is 1. The van der Waals surface area contributed by atoms with Crippen LogP contribution in [0.3, 0.4) is 0 Å². The molecule has 8 nitrogen and oxygen atoms in total. The highest BCUT2D eigenvalue weighted by Gasteiger charge is 2.28. The zero-order valence-corrected chi connectivity index (χ0v) is 21.6. The molecule has 0 bridgehead atoms. The van der Waals surface area contributed by atoms with Gasteiger partial charge in [0.15, 0.2) is 0 Å². The van der Waals surface area contributed by atoms with E-state index in [2.05, 4.69) is 22.4 Å². The van der Waals surface area contributed by atoms with Gasteiger partial charge in [-0.2, -0.15) is 5.10 Å². The Bertz CT molecular complexity index is 1390. The molecule has 0 radical (unpaired) electrons. The normalized spacial score (nSPS) is 16.5. The molecule has 1 saturated carbocycles. The van der Waals surface area contributed by atoms with E-state index in [4.69, 9.17) is 0 Å². The van der Waals surface area contributed by atoms with Gasteiger partial charge in [0.05, 0.1) is 17.4 Å². The molecule has 5 rings (SSSR count). The van der Waals surface area contributed by atoms with E-state index in [0.29, 0.717) is 11.2 Å². The first-order valence-corrected chi connectivity index (χ1v) is 12.8. The molecule has 1 aromatic heterocycles. The van der Waals surface area contributed by atoms with Gasteiger partial charge in [-0.05, 0) is 49.2 Å². The summed E-state index contributed by atoms with van der Waals surface area (Å²) in [5.41, 5.74) is 4.98. The van der Waals surface area contributed by atoms with Crippen molar-refractivity contribution in [1.82, 2.24) is 14.9 Å². The molecule has 194 valence electrons. The Labute approximate surface area is 216 Å². The van der Waals surface area contributed by atoms with Gasteiger partial charge in [0.1, 0.15) is 11.4 Å². The lowest BCUT2D eigenvalue weighted by Crippen LogP contribution is -2.46. The van der Waals surface area contributed by atoms with Crippen molar-refractivity contribution in [2.45, 2.75) is 25.8 Å². The van der Waals surface area contributed by atoms with Gasteiger partial charge in [-0.1, -0.05) is 19.1 Å². The highest BCUT2D eigenvalue weighted by molar-refractivity contribution is 5.98. The summed E-state index contributed by atoms with van der Waals surface area (Å²) in [4.78, 5) is 32.6. The second-order valence-electron chi connectivity index (χ2n) is 9.94. The molecule has 2 aliphatic rings. The SMILES string of the molecule is CCN1CCN(c2cc3c(cc2F)c(=O)c(C(=O)N/N=C\c2ccc(N(C)C)cc2)cn3C2CC2)CC1. The van der Waals surface area contributed by atoms with Crippen molar-refractivity contribution < 1.29 is 9.18 Å². The van der Waals surface area contributed by atoms with Gasteiger partial charge < -0.3 is 19.3 Å². The van der Waals surface area contributed by atoms with Crippen LogP contribution in [-0.2, 0) is 0 Å². The van der Waals surface area contributed by atoms with Crippen molar-refractivity contribution in [3.8, 4) is 0 Å². The van der Waals surface area contributed by atoms with Gasteiger partial charge >= 0.3 is 0 Å². The van der Waals surface area contributed by atoms with Crippen molar-refractivity contribution in [2.24, 2.45) is 5.10 Å². The standard InChI is InChI=1S/C28H33FN6O2/c1-4-33-11-13-34(14-12-33)26-16-25-22(15-24(26)29)27(36)23(18-35(25)21-9-10-21)28(37)31-30-17-19-5-7-20(8-6-19)32(2)3/h5-8,15-18,21H,4,9-14H2,1-3H3,(H,31,37)/b30-17-. The first-order valence-electron chi connectivity index (χ1n) is 12.8. The Hall–Kier alpha value is -3.72. The lowest BCUT2D eigenvalue weighted by atomic mass is 10.1. The van der Waals surface area contributed by atoms with Gasteiger partial charge in [0.2, 0.25) is 5.43 Å². The summed E-state index contributed by atoms with van der Waals surface area (Å²) in [5, 5.41) is 4.26. The molecule has 2 fully saturated rings. The quantitative estimate of drug-likeness (QED) is 0.394. The van der Waals surface area contributed by atoms with E-state index in [0.717, 1.165) is 56.8 Å². The van der Waals surface area contributed by atoms with Gasteiger partial charge in [-0.15, -0.1) is 0 Å². The van der Waals surface area contributed by atoms with Gasteiger partial charge in [-0.25, -0.2) is 9.82 Å². The summed E-state index contributed by atoms with van der Waals surface area (Å²) in [6.07, 6.45) is 5.06. The van der Waals surface area contributed by atoms with E-state index >= 15 is 4.39 Å². The van der Waals surface area contributed by atoms with Gasteiger partial charge in [0, 0.05) is 63.6 Å². The van der Waals surface area contributed by atoms with Gasteiger partial charge in [-0.3, -0.25) is 9.59 Å². The molecule has 1 amide bonds. The number of anilines is 2. The second-order valence-corrected chi connectivity index (χ2v) is 9.94. The fraction of sp³-hybridized carbons (Fsp3) is 0.393. The number of halogens is 1. The van der Waals surface area contributed by atoms with Crippen LogP contribution in [0.1, 0.15) is 41.7 Å². The minimum Gasteiger partial charge on any atom is -0.378 e. The van der Waals surface area contributed by atoms with E-state index in [1.165, 1.54) is 12.3 Å². The zero-order valence-electron chi connectivity index (χ0n) is 21.6. The molecule has 0 unspecified atom stereocenters. The third-order valence-electron chi connectivity index (χ3n) is 7.24. The van der Waals surface area contributed by atoms with Gasteiger partial charge in [0.25, 0.3) is 5.91 Å².